The zero-order valence-corrected chi connectivity index (χ0v) is 21.9. The molecule has 6 heteroatoms. The van der Waals surface area contributed by atoms with Gasteiger partial charge in [-0.3, -0.25) is 0 Å². The first-order valence-corrected chi connectivity index (χ1v) is 14.3. The van der Waals surface area contributed by atoms with Crippen molar-refractivity contribution < 1.29 is 19.4 Å². The van der Waals surface area contributed by atoms with Gasteiger partial charge in [0.1, 0.15) is 0 Å². The highest BCUT2D eigenvalue weighted by atomic mass is 16.5. The van der Waals surface area contributed by atoms with Crippen LogP contribution in [0.3, 0.4) is 0 Å². The second-order valence-corrected chi connectivity index (χ2v) is 12.7. The molecular formula is C29H48N2O4. The second-order valence-electron chi connectivity index (χ2n) is 12.7. The van der Waals surface area contributed by atoms with E-state index in [0.29, 0.717) is 48.3 Å². The molecule has 4 aliphatic carbocycles. The van der Waals surface area contributed by atoms with Crippen LogP contribution in [0.15, 0.2) is 23.0 Å². The first-order chi connectivity index (χ1) is 16.8. The van der Waals surface area contributed by atoms with Gasteiger partial charge in [-0.25, -0.2) is 0 Å². The monoisotopic (exact) mass is 488 g/mol. The van der Waals surface area contributed by atoms with E-state index in [0.717, 1.165) is 51.7 Å². The van der Waals surface area contributed by atoms with E-state index in [1.807, 2.05) is 6.26 Å². The Morgan fingerprint density at radius 2 is 2.00 bits per heavy atom. The van der Waals surface area contributed by atoms with Crippen molar-refractivity contribution in [2.75, 3.05) is 26.2 Å². The number of aliphatic hydroxyl groups excluding tert-OH is 1. The highest BCUT2D eigenvalue weighted by molar-refractivity contribution is 5.26. The molecule has 35 heavy (non-hydrogen) atoms. The van der Waals surface area contributed by atoms with E-state index in [-0.39, 0.29) is 5.41 Å². The number of furan rings is 1. The molecule has 1 aromatic rings. The first kappa shape index (κ1) is 25.7. The van der Waals surface area contributed by atoms with Gasteiger partial charge in [0.15, 0.2) is 0 Å². The van der Waals surface area contributed by atoms with Crippen LogP contribution in [0.1, 0.15) is 89.5 Å². The summed E-state index contributed by atoms with van der Waals surface area (Å²) in [6.07, 6.45) is 14.9. The highest BCUT2D eigenvalue weighted by Gasteiger charge is 2.67. The van der Waals surface area contributed by atoms with E-state index in [1.54, 1.807) is 6.26 Å². The fourth-order valence-corrected chi connectivity index (χ4v) is 9.14. The Morgan fingerprint density at radius 3 is 2.77 bits per heavy atom. The maximum atomic E-state index is 12.3. The average Bonchev–Trinajstić information content (AvgIpc) is 3.47. The van der Waals surface area contributed by atoms with Crippen LogP contribution in [0.5, 0.6) is 0 Å². The fraction of sp³-hybridized carbons (Fsp3) is 0.862. The summed E-state index contributed by atoms with van der Waals surface area (Å²) < 4.78 is 11.8. The molecule has 198 valence electrons. The largest absolute Gasteiger partial charge is 0.472 e. The Morgan fingerprint density at radius 1 is 1.14 bits per heavy atom. The summed E-state index contributed by atoms with van der Waals surface area (Å²) in [5, 5.41) is 25.1. The number of ether oxygens (including phenoxy) is 1. The Bertz CT molecular complexity index is 833. The van der Waals surface area contributed by atoms with Crippen LogP contribution in [0.25, 0.3) is 0 Å². The van der Waals surface area contributed by atoms with Gasteiger partial charge in [0.25, 0.3) is 0 Å². The number of nitrogens with one attached hydrogen (secondary N) is 1. The predicted molar refractivity (Wildman–Crippen MR) is 137 cm³/mol. The number of rotatable bonds is 9. The topological polar surface area (TPSA) is 101 Å². The summed E-state index contributed by atoms with van der Waals surface area (Å²) in [6.45, 7) is 7.40. The smallest absolute Gasteiger partial charge is 0.0937 e. The molecule has 0 radical (unpaired) electrons. The van der Waals surface area contributed by atoms with Crippen LogP contribution in [0.2, 0.25) is 0 Å². The van der Waals surface area contributed by atoms with E-state index in [1.165, 1.54) is 31.2 Å². The Kier molecular flexibility index (Phi) is 7.42. The van der Waals surface area contributed by atoms with Gasteiger partial charge in [-0.15, -0.1) is 0 Å². The molecule has 4 saturated carbocycles. The molecule has 4 fully saturated rings. The molecule has 1 unspecified atom stereocenters. The third-order valence-electron chi connectivity index (χ3n) is 11.3. The van der Waals surface area contributed by atoms with Crippen molar-refractivity contribution in [1.82, 2.24) is 5.32 Å². The van der Waals surface area contributed by atoms with Gasteiger partial charge in [0, 0.05) is 25.1 Å². The van der Waals surface area contributed by atoms with E-state index < -0.39 is 11.7 Å². The molecule has 4 aliphatic rings. The molecule has 1 heterocycles. The summed E-state index contributed by atoms with van der Waals surface area (Å²) in [6, 6.07) is 2.12. The van der Waals surface area contributed by atoms with Gasteiger partial charge in [-0.05, 0) is 111 Å². The number of aliphatic hydroxyl groups is 2. The third kappa shape index (κ3) is 4.41. The molecule has 0 spiro atoms. The molecule has 0 saturated heterocycles. The fourth-order valence-electron chi connectivity index (χ4n) is 9.14. The number of nitrogens with two attached hydrogens (primary N) is 1. The number of hydrogen-bond acceptors (Lipinski definition) is 6. The minimum Gasteiger partial charge on any atom is -0.472 e. The lowest BCUT2D eigenvalue weighted by atomic mass is 9.43. The van der Waals surface area contributed by atoms with Crippen LogP contribution < -0.4 is 11.1 Å². The minimum atomic E-state index is -0.552. The minimum absolute atomic E-state index is 0.0459. The second kappa shape index (κ2) is 10.1. The standard InChI is InChI=1S/C29H48N2O4/c1-27-10-6-23(35-14-3-13-31-18-22(32)17-30)16-21(27)4-5-26-25(27)7-11-28(2)24(8-12-29(26,28)33)20-9-15-34-19-20/h9,15,19,21-26,31-33H,3-8,10-14,16-18,30H2,1-2H3/t21-,22?,23+,24-,25+,26-,27+,28-,29+/m1/s1. The molecule has 0 aliphatic heterocycles. The third-order valence-corrected chi connectivity index (χ3v) is 11.3. The number of fused-ring (bicyclic) bond motifs is 5. The molecule has 1 aromatic heterocycles. The van der Waals surface area contributed by atoms with Gasteiger partial charge in [-0.1, -0.05) is 13.8 Å². The SMILES string of the molecule is C[C@]12CC[C@H](OCCCNCC(O)CN)C[C@H]1CC[C@@H]1[C@@H]2CC[C@]2(C)[C@@H](c3ccoc3)CC[C@]12O. The molecule has 9 atom stereocenters. The Balaban J connectivity index is 1.18. The van der Waals surface area contributed by atoms with Crippen molar-refractivity contribution in [2.24, 2.45) is 34.3 Å². The van der Waals surface area contributed by atoms with E-state index in [4.69, 9.17) is 14.9 Å². The van der Waals surface area contributed by atoms with Gasteiger partial charge in [-0.2, -0.15) is 0 Å². The maximum absolute atomic E-state index is 12.3. The lowest BCUT2D eigenvalue weighted by Gasteiger charge is -2.63. The average molecular weight is 489 g/mol. The number of hydrogen-bond donors (Lipinski definition) is 4. The summed E-state index contributed by atoms with van der Waals surface area (Å²) >= 11 is 0. The van der Waals surface area contributed by atoms with Crippen LogP contribution in [0.4, 0.5) is 0 Å². The molecular weight excluding hydrogens is 440 g/mol. The van der Waals surface area contributed by atoms with Gasteiger partial charge >= 0.3 is 0 Å². The van der Waals surface area contributed by atoms with E-state index >= 15 is 0 Å². The van der Waals surface area contributed by atoms with Crippen molar-refractivity contribution in [1.29, 1.82) is 0 Å². The van der Waals surface area contributed by atoms with Crippen molar-refractivity contribution in [3.05, 3.63) is 24.2 Å². The van der Waals surface area contributed by atoms with Crippen LogP contribution in [-0.2, 0) is 4.74 Å². The van der Waals surface area contributed by atoms with Crippen molar-refractivity contribution in [3.63, 3.8) is 0 Å². The molecule has 0 aromatic carbocycles. The molecule has 0 bridgehead atoms. The Labute approximate surface area is 211 Å². The lowest BCUT2D eigenvalue weighted by molar-refractivity contribution is -0.207. The molecule has 0 amide bonds. The normalized spacial score (nSPS) is 43.9. The van der Waals surface area contributed by atoms with Crippen LogP contribution >= 0.6 is 0 Å². The van der Waals surface area contributed by atoms with E-state index in [2.05, 4.69) is 25.2 Å². The zero-order chi connectivity index (χ0) is 24.7. The van der Waals surface area contributed by atoms with Crippen LogP contribution in [-0.4, -0.2) is 54.3 Å². The first-order valence-electron chi connectivity index (χ1n) is 14.3. The highest BCUT2D eigenvalue weighted by Crippen LogP contribution is 2.70. The summed E-state index contributed by atoms with van der Waals surface area (Å²) in [4.78, 5) is 0. The molecule has 6 nitrogen and oxygen atoms in total. The van der Waals surface area contributed by atoms with Crippen LogP contribution in [0, 0.1) is 28.6 Å². The van der Waals surface area contributed by atoms with Crippen molar-refractivity contribution in [2.45, 2.75) is 102 Å². The van der Waals surface area contributed by atoms with Crippen molar-refractivity contribution in [3.8, 4) is 0 Å². The lowest BCUT2D eigenvalue weighted by Crippen LogP contribution is -2.62. The predicted octanol–water partition coefficient (Wildman–Crippen LogP) is 4.21. The van der Waals surface area contributed by atoms with Gasteiger partial charge < -0.3 is 30.4 Å². The maximum Gasteiger partial charge on any atom is 0.0937 e. The van der Waals surface area contributed by atoms with Gasteiger partial charge in [0.2, 0.25) is 0 Å². The van der Waals surface area contributed by atoms with E-state index in [9.17, 15) is 10.2 Å². The quantitative estimate of drug-likeness (QED) is 0.389. The summed E-state index contributed by atoms with van der Waals surface area (Å²) in [5.74, 6) is 2.17. The molecule has 5 N–H and O–H groups in total. The van der Waals surface area contributed by atoms with Gasteiger partial charge in [0.05, 0.1) is 30.3 Å². The Hall–Kier alpha value is -0.920. The summed E-state index contributed by atoms with van der Waals surface area (Å²) in [7, 11) is 0. The summed E-state index contributed by atoms with van der Waals surface area (Å²) in [5.41, 5.74) is 6.46. The zero-order valence-electron chi connectivity index (χ0n) is 21.9. The van der Waals surface area contributed by atoms with Crippen molar-refractivity contribution >= 4 is 0 Å². The molecule has 5 rings (SSSR count).